The van der Waals surface area contributed by atoms with E-state index in [0.717, 1.165) is 106 Å². The van der Waals surface area contributed by atoms with Gasteiger partial charge in [0.1, 0.15) is 5.52 Å². The predicted octanol–water partition coefficient (Wildman–Crippen LogP) is 3.15. The zero-order valence-corrected chi connectivity index (χ0v) is 20.8. The SMILES string of the molecule is Cc1cccc(-c2ccn(-c3cc(N4CCOCC4)c4ncn(CCCN5CCOCC5)c4n3)n2)c1. The van der Waals surface area contributed by atoms with Gasteiger partial charge in [0.15, 0.2) is 11.5 Å². The van der Waals surface area contributed by atoms with Crippen LogP contribution in [-0.4, -0.2) is 88.4 Å². The summed E-state index contributed by atoms with van der Waals surface area (Å²) >= 11 is 0. The van der Waals surface area contributed by atoms with Crippen LogP contribution in [0.25, 0.3) is 28.2 Å². The minimum Gasteiger partial charge on any atom is -0.379 e. The summed E-state index contributed by atoms with van der Waals surface area (Å²) in [5, 5.41) is 4.89. The van der Waals surface area contributed by atoms with Gasteiger partial charge in [-0.15, -0.1) is 0 Å². The number of aryl methyl sites for hydroxylation is 2. The summed E-state index contributed by atoms with van der Waals surface area (Å²) in [6, 6.07) is 12.6. The lowest BCUT2D eigenvalue weighted by Gasteiger charge is -2.29. The van der Waals surface area contributed by atoms with Crippen LogP contribution in [0.15, 0.2) is 48.9 Å². The van der Waals surface area contributed by atoms with Crippen molar-refractivity contribution in [3.05, 3.63) is 54.5 Å². The molecule has 0 amide bonds. The summed E-state index contributed by atoms with van der Waals surface area (Å²) in [5.74, 6) is 0.804. The van der Waals surface area contributed by atoms with Crippen molar-refractivity contribution in [1.29, 1.82) is 0 Å². The standard InChI is InChI=1S/C27H33N7O2/c1-21-4-2-5-22(18-21)23-6-9-34(30-23)25-19-24(32-12-16-36-17-13-32)26-27(29-25)33(20-28-26)8-3-7-31-10-14-35-15-11-31/h2,4-6,9,18-20H,3,7-8,10-17H2,1H3. The maximum absolute atomic E-state index is 5.61. The molecule has 2 saturated heterocycles. The molecule has 2 fully saturated rings. The molecule has 4 aromatic rings. The average Bonchev–Trinajstić information content (AvgIpc) is 3.57. The van der Waals surface area contributed by atoms with E-state index in [0.29, 0.717) is 0 Å². The Morgan fingerprint density at radius 2 is 1.72 bits per heavy atom. The number of ether oxygens (including phenoxy) is 2. The van der Waals surface area contributed by atoms with Crippen molar-refractivity contribution in [2.45, 2.75) is 19.9 Å². The highest BCUT2D eigenvalue weighted by molar-refractivity contribution is 5.87. The average molecular weight is 488 g/mol. The van der Waals surface area contributed by atoms with Crippen LogP contribution in [-0.2, 0) is 16.0 Å². The third kappa shape index (κ3) is 4.86. The van der Waals surface area contributed by atoms with Gasteiger partial charge in [0, 0.05) is 57.1 Å². The van der Waals surface area contributed by atoms with E-state index in [2.05, 4.69) is 57.7 Å². The molecule has 2 aliphatic heterocycles. The molecule has 0 N–H and O–H groups in total. The number of morpholine rings is 2. The zero-order valence-electron chi connectivity index (χ0n) is 20.8. The van der Waals surface area contributed by atoms with Gasteiger partial charge >= 0.3 is 0 Å². The first-order chi connectivity index (χ1) is 17.7. The molecular weight excluding hydrogens is 454 g/mol. The van der Waals surface area contributed by atoms with Gasteiger partial charge in [-0.3, -0.25) is 4.90 Å². The van der Waals surface area contributed by atoms with Crippen LogP contribution >= 0.6 is 0 Å². The minimum atomic E-state index is 0.721. The van der Waals surface area contributed by atoms with E-state index in [4.69, 9.17) is 24.5 Å². The summed E-state index contributed by atoms with van der Waals surface area (Å²) in [6.07, 6.45) is 4.98. The summed E-state index contributed by atoms with van der Waals surface area (Å²) < 4.78 is 15.2. The minimum absolute atomic E-state index is 0.721. The van der Waals surface area contributed by atoms with Crippen LogP contribution < -0.4 is 4.90 Å². The smallest absolute Gasteiger partial charge is 0.164 e. The van der Waals surface area contributed by atoms with Crippen LogP contribution in [0.5, 0.6) is 0 Å². The van der Waals surface area contributed by atoms with E-state index < -0.39 is 0 Å². The molecule has 1 aromatic carbocycles. The molecule has 0 aliphatic carbocycles. The zero-order chi connectivity index (χ0) is 24.3. The van der Waals surface area contributed by atoms with Crippen molar-refractivity contribution in [1.82, 2.24) is 29.2 Å². The first-order valence-electron chi connectivity index (χ1n) is 12.9. The first-order valence-corrected chi connectivity index (χ1v) is 12.9. The molecule has 3 aromatic heterocycles. The van der Waals surface area contributed by atoms with Crippen LogP contribution in [0.1, 0.15) is 12.0 Å². The Bertz CT molecular complexity index is 1320. The van der Waals surface area contributed by atoms with E-state index in [1.54, 1.807) is 0 Å². The summed E-state index contributed by atoms with van der Waals surface area (Å²) in [5.41, 5.74) is 6.21. The predicted molar refractivity (Wildman–Crippen MR) is 140 cm³/mol. The van der Waals surface area contributed by atoms with Gasteiger partial charge in [0.2, 0.25) is 0 Å². The normalized spacial score (nSPS) is 17.2. The van der Waals surface area contributed by atoms with E-state index in [1.807, 2.05) is 17.2 Å². The molecule has 0 spiro atoms. The van der Waals surface area contributed by atoms with Crippen molar-refractivity contribution in [3.63, 3.8) is 0 Å². The van der Waals surface area contributed by atoms with Crippen molar-refractivity contribution in [2.24, 2.45) is 0 Å². The van der Waals surface area contributed by atoms with Gasteiger partial charge in [-0.25, -0.2) is 14.6 Å². The van der Waals surface area contributed by atoms with Crippen molar-refractivity contribution >= 4 is 16.9 Å². The fourth-order valence-corrected chi connectivity index (χ4v) is 5.03. The molecule has 9 heteroatoms. The van der Waals surface area contributed by atoms with Crippen LogP contribution in [0.4, 0.5) is 5.69 Å². The van der Waals surface area contributed by atoms with E-state index in [1.165, 1.54) is 5.56 Å². The summed E-state index contributed by atoms with van der Waals surface area (Å²) in [6.45, 7) is 10.8. The Kier molecular flexibility index (Phi) is 6.67. The first kappa shape index (κ1) is 23.1. The Balaban J connectivity index is 1.32. The number of aromatic nitrogens is 5. The van der Waals surface area contributed by atoms with E-state index in [-0.39, 0.29) is 0 Å². The number of fused-ring (bicyclic) bond motifs is 1. The third-order valence-electron chi connectivity index (χ3n) is 7.01. The number of anilines is 1. The lowest BCUT2D eigenvalue weighted by atomic mass is 10.1. The van der Waals surface area contributed by atoms with Crippen molar-refractivity contribution in [3.8, 4) is 17.1 Å². The number of hydrogen-bond acceptors (Lipinski definition) is 7. The second-order valence-corrected chi connectivity index (χ2v) is 9.53. The molecular formula is C27H33N7O2. The Hall–Kier alpha value is -3.27. The molecule has 188 valence electrons. The lowest BCUT2D eigenvalue weighted by molar-refractivity contribution is 0.0369. The van der Waals surface area contributed by atoms with Gasteiger partial charge in [-0.05, 0) is 25.5 Å². The Morgan fingerprint density at radius 1 is 0.917 bits per heavy atom. The van der Waals surface area contributed by atoms with E-state index >= 15 is 0 Å². The van der Waals surface area contributed by atoms with Crippen LogP contribution in [0.2, 0.25) is 0 Å². The van der Waals surface area contributed by atoms with Gasteiger partial charge in [-0.2, -0.15) is 5.10 Å². The lowest BCUT2D eigenvalue weighted by Crippen LogP contribution is -2.37. The monoisotopic (exact) mass is 487 g/mol. The molecule has 0 atom stereocenters. The van der Waals surface area contributed by atoms with Crippen molar-refractivity contribution in [2.75, 3.05) is 64.1 Å². The number of benzene rings is 1. The Morgan fingerprint density at radius 3 is 2.53 bits per heavy atom. The maximum Gasteiger partial charge on any atom is 0.164 e. The Labute approximate surface area is 211 Å². The second-order valence-electron chi connectivity index (χ2n) is 9.53. The number of imidazole rings is 1. The fourth-order valence-electron chi connectivity index (χ4n) is 5.03. The molecule has 9 nitrogen and oxygen atoms in total. The highest BCUT2D eigenvalue weighted by Gasteiger charge is 2.20. The molecule has 2 aliphatic rings. The number of rotatable bonds is 7. The topological polar surface area (TPSA) is 73.5 Å². The highest BCUT2D eigenvalue weighted by atomic mass is 16.5. The second kappa shape index (κ2) is 10.4. The molecule has 0 radical (unpaired) electrons. The van der Waals surface area contributed by atoms with Gasteiger partial charge in [-0.1, -0.05) is 23.8 Å². The van der Waals surface area contributed by atoms with Crippen LogP contribution in [0, 0.1) is 6.92 Å². The van der Waals surface area contributed by atoms with Crippen molar-refractivity contribution < 1.29 is 9.47 Å². The maximum atomic E-state index is 5.61. The third-order valence-corrected chi connectivity index (χ3v) is 7.01. The molecule has 0 saturated carbocycles. The van der Waals surface area contributed by atoms with Gasteiger partial charge < -0.3 is 18.9 Å². The molecule has 0 unspecified atom stereocenters. The summed E-state index contributed by atoms with van der Waals surface area (Å²) in [4.78, 5) is 14.7. The molecule has 5 heterocycles. The summed E-state index contributed by atoms with van der Waals surface area (Å²) in [7, 11) is 0. The van der Waals surface area contributed by atoms with Gasteiger partial charge in [0.25, 0.3) is 0 Å². The quantitative estimate of drug-likeness (QED) is 0.397. The number of hydrogen-bond donors (Lipinski definition) is 0. The largest absolute Gasteiger partial charge is 0.379 e. The fraction of sp³-hybridized carbons (Fsp3) is 0.444. The highest BCUT2D eigenvalue weighted by Crippen LogP contribution is 2.29. The van der Waals surface area contributed by atoms with Crippen LogP contribution in [0.3, 0.4) is 0 Å². The molecule has 36 heavy (non-hydrogen) atoms. The number of pyridine rings is 1. The number of nitrogens with zero attached hydrogens (tertiary/aromatic N) is 7. The molecule has 6 rings (SSSR count). The molecule has 0 bridgehead atoms. The van der Waals surface area contributed by atoms with Gasteiger partial charge in [0.05, 0.1) is 44.1 Å². The van der Waals surface area contributed by atoms with E-state index in [9.17, 15) is 0 Å².